The summed E-state index contributed by atoms with van der Waals surface area (Å²) in [4.78, 5) is 14.1. The van der Waals surface area contributed by atoms with Gasteiger partial charge < -0.3 is 15.8 Å². The van der Waals surface area contributed by atoms with Gasteiger partial charge in [0.25, 0.3) is 5.91 Å². The Bertz CT molecular complexity index is 484. The molecule has 0 bridgehead atoms. The van der Waals surface area contributed by atoms with Crippen LogP contribution in [0.3, 0.4) is 0 Å². The van der Waals surface area contributed by atoms with Crippen LogP contribution in [-0.2, 0) is 0 Å². The molecule has 0 radical (unpaired) electrons. The molecule has 1 amide bonds. The Hall–Kier alpha value is -2.04. The van der Waals surface area contributed by atoms with Crippen LogP contribution < -0.4 is 5.73 Å². The first-order chi connectivity index (χ1) is 8.99. The first-order valence-corrected chi connectivity index (χ1v) is 6.32. The highest BCUT2D eigenvalue weighted by atomic mass is 16.4. The van der Waals surface area contributed by atoms with E-state index >= 15 is 0 Å². The number of benzene rings is 1. The fourth-order valence-electron chi connectivity index (χ4n) is 1.93. The van der Waals surface area contributed by atoms with Gasteiger partial charge in [-0.2, -0.15) is 0 Å². The molecule has 0 aliphatic rings. The number of hydrogen-bond donors (Lipinski definition) is 2. The number of amides is 1. The van der Waals surface area contributed by atoms with E-state index in [2.05, 4.69) is 5.16 Å². The summed E-state index contributed by atoms with van der Waals surface area (Å²) in [6, 6.07) is 5.77. The van der Waals surface area contributed by atoms with Gasteiger partial charge in [-0.25, -0.2) is 0 Å². The largest absolute Gasteiger partial charge is 0.409 e. The fourth-order valence-corrected chi connectivity index (χ4v) is 1.93. The third kappa shape index (κ3) is 3.98. The first kappa shape index (κ1) is 15.0. The maximum absolute atomic E-state index is 12.4. The van der Waals surface area contributed by atoms with Crippen molar-refractivity contribution in [1.29, 1.82) is 0 Å². The van der Waals surface area contributed by atoms with Crippen molar-refractivity contribution < 1.29 is 10.0 Å². The van der Waals surface area contributed by atoms with Crippen LogP contribution in [0.5, 0.6) is 0 Å². The van der Waals surface area contributed by atoms with Crippen LogP contribution in [0.25, 0.3) is 0 Å². The molecule has 5 heteroatoms. The van der Waals surface area contributed by atoms with Crippen LogP contribution in [0, 0.1) is 13.8 Å². The molecule has 0 aromatic heterocycles. The Balaban J connectivity index is 2.83. The highest BCUT2D eigenvalue weighted by molar-refractivity contribution is 5.96. The molecule has 3 N–H and O–H groups in total. The zero-order valence-electron chi connectivity index (χ0n) is 11.7. The van der Waals surface area contributed by atoms with Crippen molar-refractivity contribution in [3.8, 4) is 0 Å². The van der Waals surface area contributed by atoms with E-state index < -0.39 is 0 Å². The maximum atomic E-state index is 12.4. The van der Waals surface area contributed by atoms with E-state index in [0.717, 1.165) is 11.1 Å². The Labute approximate surface area is 113 Å². The lowest BCUT2D eigenvalue weighted by Gasteiger charge is -2.21. The number of nitrogens with zero attached hydrogens (tertiary/aromatic N) is 2. The molecular weight excluding hydrogens is 242 g/mol. The second-order valence-corrected chi connectivity index (χ2v) is 4.54. The number of amidine groups is 1. The van der Waals surface area contributed by atoms with Gasteiger partial charge in [-0.15, -0.1) is 0 Å². The van der Waals surface area contributed by atoms with Crippen molar-refractivity contribution in [2.75, 3.05) is 13.1 Å². The molecule has 104 valence electrons. The minimum absolute atomic E-state index is 0.0225. The van der Waals surface area contributed by atoms with Crippen molar-refractivity contribution in [1.82, 2.24) is 4.90 Å². The molecule has 0 heterocycles. The zero-order valence-corrected chi connectivity index (χ0v) is 11.7. The summed E-state index contributed by atoms with van der Waals surface area (Å²) < 4.78 is 0. The second kappa shape index (κ2) is 6.78. The number of hydrogen-bond acceptors (Lipinski definition) is 3. The summed E-state index contributed by atoms with van der Waals surface area (Å²) >= 11 is 0. The van der Waals surface area contributed by atoms with Gasteiger partial charge in [-0.1, -0.05) is 22.9 Å². The van der Waals surface area contributed by atoms with Crippen molar-refractivity contribution in [3.05, 3.63) is 34.9 Å². The van der Waals surface area contributed by atoms with E-state index in [4.69, 9.17) is 10.9 Å². The third-order valence-electron chi connectivity index (χ3n) is 3.05. The monoisotopic (exact) mass is 263 g/mol. The van der Waals surface area contributed by atoms with Crippen molar-refractivity contribution in [3.63, 3.8) is 0 Å². The predicted molar refractivity (Wildman–Crippen MR) is 75.5 cm³/mol. The Kier molecular flexibility index (Phi) is 5.36. The number of carbonyl (C=O) groups is 1. The third-order valence-corrected chi connectivity index (χ3v) is 3.05. The van der Waals surface area contributed by atoms with Gasteiger partial charge >= 0.3 is 0 Å². The summed E-state index contributed by atoms with van der Waals surface area (Å²) in [6.07, 6.45) is 0.362. The molecule has 0 fully saturated rings. The summed E-state index contributed by atoms with van der Waals surface area (Å²) in [7, 11) is 0. The lowest BCUT2D eigenvalue weighted by atomic mass is 10.0. The van der Waals surface area contributed by atoms with E-state index in [9.17, 15) is 4.79 Å². The summed E-state index contributed by atoms with van der Waals surface area (Å²) in [5.41, 5.74) is 8.23. The Morgan fingerprint density at radius 2 is 2.11 bits per heavy atom. The molecule has 1 aromatic rings. The average molecular weight is 263 g/mol. The summed E-state index contributed by atoms with van der Waals surface area (Å²) in [5, 5.41) is 11.4. The van der Waals surface area contributed by atoms with Crippen molar-refractivity contribution >= 4 is 11.7 Å². The highest BCUT2D eigenvalue weighted by Crippen LogP contribution is 2.13. The van der Waals surface area contributed by atoms with E-state index in [-0.39, 0.29) is 11.7 Å². The zero-order chi connectivity index (χ0) is 14.4. The van der Waals surface area contributed by atoms with Crippen molar-refractivity contribution in [2.24, 2.45) is 10.9 Å². The lowest BCUT2D eigenvalue weighted by Crippen LogP contribution is -2.34. The number of aryl methyl sites for hydroxylation is 2. The number of rotatable bonds is 5. The van der Waals surface area contributed by atoms with Crippen LogP contribution in [-0.4, -0.2) is 34.9 Å². The first-order valence-electron chi connectivity index (χ1n) is 6.32. The van der Waals surface area contributed by atoms with Crippen LogP contribution in [0.15, 0.2) is 23.4 Å². The van der Waals surface area contributed by atoms with Crippen LogP contribution >= 0.6 is 0 Å². The van der Waals surface area contributed by atoms with Gasteiger partial charge in [-0.3, -0.25) is 4.79 Å². The van der Waals surface area contributed by atoms with Gasteiger partial charge in [0.05, 0.1) is 0 Å². The highest BCUT2D eigenvalue weighted by Gasteiger charge is 2.16. The summed E-state index contributed by atoms with van der Waals surface area (Å²) in [6.45, 7) is 6.87. The smallest absolute Gasteiger partial charge is 0.254 e. The molecule has 0 atom stereocenters. The number of nitrogens with two attached hydrogens (primary N) is 1. The molecule has 5 nitrogen and oxygen atoms in total. The quantitative estimate of drug-likeness (QED) is 0.368. The molecule has 0 aliphatic heterocycles. The second-order valence-electron chi connectivity index (χ2n) is 4.54. The maximum Gasteiger partial charge on any atom is 0.254 e. The standard InChI is InChI=1S/C14H21N3O2/c1-4-17(8-7-13(15)16-19)14(18)12-6-5-10(2)9-11(12)3/h5-6,9,19H,4,7-8H2,1-3H3,(H2,15,16). The molecule has 0 aliphatic carbocycles. The molecule has 0 spiro atoms. The summed E-state index contributed by atoms with van der Waals surface area (Å²) in [5.74, 6) is 0.109. The molecule has 19 heavy (non-hydrogen) atoms. The van der Waals surface area contributed by atoms with Gasteiger partial charge in [0.15, 0.2) is 0 Å². The van der Waals surface area contributed by atoms with Crippen LogP contribution in [0.4, 0.5) is 0 Å². The Morgan fingerprint density at radius 3 is 2.63 bits per heavy atom. The lowest BCUT2D eigenvalue weighted by molar-refractivity contribution is 0.0767. The minimum atomic E-state index is -0.0225. The fraction of sp³-hybridized carbons (Fsp3) is 0.429. The van der Waals surface area contributed by atoms with E-state index in [0.29, 0.717) is 25.1 Å². The molecule has 1 rings (SSSR count). The SMILES string of the molecule is CCN(CC/C(N)=N/O)C(=O)c1ccc(C)cc1C. The van der Waals surface area contributed by atoms with E-state index in [1.165, 1.54) is 0 Å². The molecule has 0 saturated carbocycles. The van der Waals surface area contributed by atoms with E-state index in [1.54, 1.807) is 4.90 Å². The average Bonchev–Trinajstić information content (AvgIpc) is 2.38. The van der Waals surface area contributed by atoms with Crippen LogP contribution in [0.1, 0.15) is 34.8 Å². The molecule has 0 saturated heterocycles. The minimum Gasteiger partial charge on any atom is -0.409 e. The predicted octanol–water partition coefficient (Wildman–Crippen LogP) is 1.90. The molecule has 0 unspecified atom stereocenters. The number of carbonyl (C=O) groups excluding carboxylic acids is 1. The molecular formula is C14H21N3O2. The topological polar surface area (TPSA) is 78.9 Å². The van der Waals surface area contributed by atoms with Gasteiger partial charge in [-0.05, 0) is 32.4 Å². The van der Waals surface area contributed by atoms with Gasteiger partial charge in [0.2, 0.25) is 0 Å². The number of oxime groups is 1. The van der Waals surface area contributed by atoms with Gasteiger partial charge in [0.1, 0.15) is 5.84 Å². The Morgan fingerprint density at radius 1 is 1.42 bits per heavy atom. The van der Waals surface area contributed by atoms with Gasteiger partial charge in [0, 0.05) is 25.1 Å². The van der Waals surface area contributed by atoms with Crippen molar-refractivity contribution in [2.45, 2.75) is 27.2 Å². The normalized spacial score (nSPS) is 11.4. The molecule has 1 aromatic carbocycles. The van der Waals surface area contributed by atoms with Crippen LogP contribution in [0.2, 0.25) is 0 Å². The van der Waals surface area contributed by atoms with E-state index in [1.807, 2.05) is 39.0 Å².